The minimum atomic E-state index is -1.76. The molecule has 0 amide bonds. The molecule has 0 aromatic rings. The summed E-state index contributed by atoms with van der Waals surface area (Å²) >= 11 is 0. The van der Waals surface area contributed by atoms with Crippen molar-refractivity contribution in [1.29, 1.82) is 0 Å². The fourth-order valence-corrected chi connectivity index (χ4v) is 4.38. The molecule has 2 fully saturated rings. The fraction of sp³-hybridized carbons (Fsp3) is 0.933. The van der Waals surface area contributed by atoms with E-state index in [1.54, 1.807) is 0 Å². The molecule has 0 aliphatic carbocycles. The molecule has 2 aliphatic heterocycles. The van der Waals surface area contributed by atoms with E-state index in [9.17, 15) is 4.79 Å². The Morgan fingerprint density at radius 1 is 1.26 bits per heavy atom. The number of ether oxygens (including phenoxy) is 1. The van der Waals surface area contributed by atoms with Crippen molar-refractivity contribution in [2.75, 3.05) is 0 Å². The number of fused-ring (bicyclic) bond motifs is 2. The Kier molecular flexibility index (Phi) is 4.24. The Morgan fingerprint density at radius 2 is 1.89 bits per heavy atom. The molecule has 2 saturated heterocycles. The maximum Gasteiger partial charge on any atom is 0.192 e. The van der Waals surface area contributed by atoms with Crippen LogP contribution >= 0.6 is 0 Å². The molecule has 110 valence electrons. The number of carbonyl (C=O) groups is 1. The third-order valence-corrected chi connectivity index (χ3v) is 9.68. The Hall–Kier alpha value is -0.193. The molecule has 19 heavy (non-hydrogen) atoms. The molecule has 4 atom stereocenters. The lowest BCUT2D eigenvalue weighted by Gasteiger charge is -2.41. The van der Waals surface area contributed by atoms with Gasteiger partial charge in [0.15, 0.2) is 8.32 Å². The summed E-state index contributed by atoms with van der Waals surface area (Å²) < 4.78 is 12.6. The molecule has 0 radical (unpaired) electrons. The highest BCUT2D eigenvalue weighted by atomic mass is 28.4. The van der Waals surface area contributed by atoms with Gasteiger partial charge in [0.25, 0.3) is 0 Å². The van der Waals surface area contributed by atoms with Crippen LogP contribution in [0.2, 0.25) is 18.1 Å². The lowest BCUT2D eigenvalue weighted by atomic mass is 9.84. The number of hydrogen-bond acceptors (Lipinski definition) is 3. The van der Waals surface area contributed by atoms with Crippen molar-refractivity contribution in [1.82, 2.24) is 0 Å². The van der Waals surface area contributed by atoms with Crippen LogP contribution in [-0.2, 0) is 14.0 Å². The largest absolute Gasteiger partial charge is 0.411 e. The normalized spacial score (nSPS) is 34.8. The molecule has 0 aromatic carbocycles. The Bertz CT molecular complexity index is 335. The SMILES string of the molecule is CC(C)(C)[Si](C)(C)O[C@@H]1[C@H](CCC=O)[C@@H]2CC[C@H]1O2. The first-order valence-electron chi connectivity index (χ1n) is 7.53. The van der Waals surface area contributed by atoms with E-state index in [2.05, 4.69) is 33.9 Å². The van der Waals surface area contributed by atoms with Gasteiger partial charge in [0, 0.05) is 12.3 Å². The number of carbonyl (C=O) groups excluding carboxylic acids is 1. The van der Waals surface area contributed by atoms with E-state index in [4.69, 9.17) is 9.16 Å². The third-order valence-electron chi connectivity index (χ3n) is 5.21. The van der Waals surface area contributed by atoms with E-state index in [1.807, 2.05) is 0 Å². The van der Waals surface area contributed by atoms with Crippen LogP contribution in [0.3, 0.4) is 0 Å². The van der Waals surface area contributed by atoms with Crippen molar-refractivity contribution >= 4 is 14.6 Å². The van der Waals surface area contributed by atoms with E-state index in [0.29, 0.717) is 18.4 Å². The van der Waals surface area contributed by atoms with Gasteiger partial charge >= 0.3 is 0 Å². The highest BCUT2D eigenvalue weighted by Gasteiger charge is 2.52. The van der Waals surface area contributed by atoms with Gasteiger partial charge in [-0.2, -0.15) is 0 Å². The van der Waals surface area contributed by atoms with Crippen molar-refractivity contribution < 1.29 is 14.0 Å². The lowest BCUT2D eigenvalue weighted by Crippen LogP contribution is -2.48. The van der Waals surface area contributed by atoms with Crippen molar-refractivity contribution in [3.05, 3.63) is 0 Å². The van der Waals surface area contributed by atoms with Gasteiger partial charge < -0.3 is 14.0 Å². The summed E-state index contributed by atoms with van der Waals surface area (Å²) in [5, 5.41) is 0.226. The zero-order chi connectivity index (χ0) is 14.3. The molecule has 2 rings (SSSR count). The summed E-state index contributed by atoms with van der Waals surface area (Å²) in [6, 6.07) is 0. The maximum atomic E-state index is 10.6. The molecular weight excluding hydrogens is 256 g/mol. The first-order chi connectivity index (χ1) is 8.76. The zero-order valence-corrected chi connectivity index (χ0v) is 13.9. The second-order valence-electron chi connectivity index (χ2n) is 7.54. The molecule has 2 bridgehead atoms. The van der Waals surface area contributed by atoms with Gasteiger partial charge in [-0.1, -0.05) is 20.8 Å². The number of hydrogen-bond donors (Lipinski definition) is 0. The van der Waals surface area contributed by atoms with Crippen molar-refractivity contribution in [3.63, 3.8) is 0 Å². The summed E-state index contributed by atoms with van der Waals surface area (Å²) in [6.07, 6.45) is 5.68. The Morgan fingerprint density at radius 3 is 2.47 bits per heavy atom. The van der Waals surface area contributed by atoms with Crippen molar-refractivity contribution in [2.24, 2.45) is 5.92 Å². The predicted molar refractivity (Wildman–Crippen MR) is 78.8 cm³/mol. The molecule has 0 spiro atoms. The topological polar surface area (TPSA) is 35.5 Å². The lowest BCUT2D eigenvalue weighted by molar-refractivity contribution is -0.108. The average Bonchev–Trinajstić information content (AvgIpc) is 2.86. The molecule has 2 aliphatic rings. The first-order valence-corrected chi connectivity index (χ1v) is 10.4. The van der Waals surface area contributed by atoms with E-state index in [-0.39, 0.29) is 17.2 Å². The van der Waals surface area contributed by atoms with Crippen molar-refractivity contribution in [3.8, 4) is 0 Å². The van der Waals surface area contributed by atoms with Crippen LogP contribution in [0.4, 0.5) is 0 Å². The summed E-state index contributed by atoms with van der Waals surface area (Å²) in [4.78, 5) is 10.6. The Balaban J connectivity index is 2.07. The number of rotatable bonds is 5. The van der Waals surface area contributed by atoms with Crippen LogP contribution in [0.15, 0.2) is 0 Å². The second kappa shape index (κ2) is 5.30. The smallest absolute Gasteiger partial charge is 0.192 e. The Labute approximate surface area is 118 Å². The van der Waals surface area contributed by atoms with Crippen LogP contribution in [0, 0.1) is 5.92 Å². The molecular formula is C15H28O3Si. The van der Waals surface area contributed by atoms with E-state index < -0.39 is 8.32 Å². The molecule has 0 unspecified atom stereocenters. The molecule has 4 heteroatoms. The molecule has 3 nitrogen and oxygen atoms in total. The van der Waals surface area contributed by atoms with Gasteiger partial charge in [-0.3, -0.25) is 0 Å². The monoisotopic (exact) mass is 284 g/mol. The minimum absolute atomic E-state index is 0.222. The van der Waals surface area contributed by atoms with Gasteiger partial charge in [-0.25, -0.2) is 0 Å². The highest BCUT2D eigenvalue weighted by Crippen LogP contribution is 2.46. The zero-order valence-electron chi connectivity index (χ0n) is 12.9. The van der Waals surface area contributed by atoms with Gasteiger partial charge in [0.2, 0.25) is 0 Å². The third kappa shape index (κ3) is 2.95. The summed E-state index contributed by atoms with van der Waals surface area (Å²) in [5.41, 5.74) is 0. The van der Waals surface area contributed by atoms with Crippen LogP contribution in [0.25, 0.3) is 0 Å². The highest BCUT2D eigenvalue weighted by molar-refractivity contribution is 6.74. The second-order valence-corrected chi connectivity index (χ2v) is 12.3. The van der Waals surface area contributed by atoms with Crippen LogP contribution in [0.5, 0.6) is 0 Å². The molecule has 0 aromatic heterocycles. The van der Waals surface area contributed by atoms with Crippen molar-refractivity contribution in [2.45, 2.75) is 82.9 Å². The minimum Gasteiger partial charge on any atom is -0.411 e. The molecule has 2 heterocycles. The van der Waals surface area contributed by atoms with Crippen LogP contribution in [0.1, 0.15) is 46.5 Å². The first kappa shape index (κ1) is 15.2. The number of aldehydes is 1. The van der Waals surface area contributed by atoms with Gasteiger partial charge in [0.05, 0.1) is 18.3 Å². The van der Waals surface area contributed by atoms with Gasteiger partial charge in [-0.15, -0.1) is 0 Å². The maximum absolute atomic E-state index is 10.6. The summed E-state index contributed by atoms with van der Waals surface area (Å²) in [6.45, 7) is 11.4. The van der Waals surface area contributed by atoms with Gasteiger partial charge in [-0.05, 0) is 37.4 Å². The quantitative estimate of drug-likeness (QED) is 0.572. The predicted octanol–water partition coefficient (Wildman–Crippen LogP) is 3.53. The molecule has 0 N–H and O–H groups in total. The van der Waals surface area contributed by atoms with E-state index in [1.165, 1.54) is 0 Å². The summed E-state index contributed by atoms with van der Waals surface area (Å²) in [5.74, 6) is 0.429. The fourth-order valence-electron chi connectivity index (χ4n) is 3.02. The standard InChI is InChI=1S/C15H28O3Si/c1-15(2,3)19(4,5)18-14-11(7-6-10-16)12-8-9-13(14)17-12/h10-14H,6-9H2,1-5H3/t11-,12+,13-,14-/m1/s1. The molecule has 0 saturated carbocycles. The van der Waals surface area contributed by atoms with Gasteiger partial charge in [0.1, 0.15) is 6.29 Å². The van der Waals surface area contributed by atoms with Crippen LogP contribution < -0.4 is 0 Å². The summed E-state index contributed by atoms with van der Waals surface area (Å²) in [7, 11) is -1.76. The van der Waals surface area contributed by atoms with E-state index >= 15 is 0 Å². The van der Waals surface area contributed by atoms with E-state index in [0.717, 1.165) is 25.5 Å². The average molecular weight is 284 g/mol. The van der Waals surface area contributed by atoms with Crippen LogP contribution in [-0.4, -0.2) is 32.9 Å².